The highest BCUT2D eigenvalue weighted by atomic mass is 127. The summed E-state index contributed by atoms with van der Waals surface area (Å²) in [6.45, 7) is 4.78. The van der Waals surface area contributed by atoms with Crippen molar-refractivity contribution in [1.82, 2.24) is 9.88 Å². The fourth-order valence-corrected chi connectivity index (χ4v) is 3.00. The Morgan fingerprint density at radius 3 is 2.72 bits per heavy atom. The molecule has 0 fully saturated rings. The van der Waals surface area contributed by atoms with Gasteiger partial charge in [-0.2, -0.15) is 0 Å². The fourth-order valence-electron chi connectivity index (χ4n) is 2.41. The van der Waals surface area contributed by atoms with E-state index in [2.05, 4.69) is 27.6 Å². The first kappa shape index (κ1) is 19.4. The van der Waals surface area contributed by atoms with Gasteiger partial charge in [0, 0.05) is 29.1 Å². The van der Waals surface area contributed by atoms with Gasteiger partial charge >= 0.3 is 5.97 Å². The quantitative estimate of drug-likeness (QED) is 0.476. The number of esters is 1. The van der Waals surface area contributed by atoms with Crippen molar-refractivity contribution in [3.05, 3.63) is 63.0 Å². The molecule has 5 nitrogen and oxygen atoms in total. The smallest absolute Gasteiger partial charge is 0.307 e. The molecule has 6 heteroatoms. The molecule has 132 valence electrons. The number of pyridine rings is 1. The van der Waals surface area contributed by atoms with E-state index < -0.39 is 0 Å². The van der Waals surface area contributed by atoms with E-state index in [-0.39, 0.29) is 18.3 Å². The Bertz CT molecular complexity index is 735. The van der Waals surface area contributed by atoms with Gasteiger partial charge in [-0.1, -0.05) is 18.2 Å². The first-order valence-corrected chi connectivity index (χ1v) is 9.19. The highest BCUT2D eigenvalue weighted by Crippen LogP contribution is 2.19. The molecular formula is C19H21IN2O3. The molecule has 1 aromatic heterocycles. The second kappa shape index (κ2) is 9.50. The summed E-state index contributed by atoms with van der Waals surface area (Å²) in [6.07, 6.45) is 3.59. The van der Waals surface area contributed by atoms with Crippen LogP contribution in [0.2, 0.25) is 0 Å². The molecule has 0 radical (unpaired) electrons. The summed E-state index contributed by atoms with van der Waals surface area (Å²) in [7, 11) is 0. The van der Waals surface area contributed by atoms with Crippen LogP contribution in [0.1, 0.15) is 34.8 Å². The maximum Gasteiger partial charge on any atom is 0.307 e. The van der Waals surface area contributed by atoms with Crippen molar-refractivity contribution in [1.29, 1.82) is 0 Å². The monoisotopic (exact) mass is 452 g/mol. The lowest BCUT2D eigenvalue weighted by molar-refractivity contribution is -0.143. The van der Waals surface area contributed by atoms with Gasteiger partial charge in [0.2, 0.25) is 0 Å². The van der Waals surface area contributed by atoms with Crippen LogP contribution in [-0.4, -0.2) is 34.9 Å². The number of hydrogen-bond acceptors (Lipinski definition) is 4. The number of aromatic nitrogens is 1. The standard InChI is InChI=1S/C19H21IN2O3/c1-3-25-17(23)9-11-22(13-15-7-5-10-21-12-15)19(24)16-8-4-6-14(2)18(16)20/h4-8,10,12H,3,9,11,13H2,1-2H3. The largest absolute Gasteiger partial charge is 0.466 e. The molecular weight excluding hydrogens is 431 g/mol. The van der Waals surface area contributed by atoms with Crippen LogP contribution in [0.5, 0.6) is 0 Å². The number of carbonyl (C=O) groups is 2. The molecule has 1 aromatic carbocycles. The van der Waals surface area contributed by atoms with E-state index in [9.17, 15) is 9.59 Å². The zero-order valence-corrected chi connectivity index (χ0v) is 16.5. The number of rotatable bonds is 7. The van der Waals surface area contributed by atoms with Crippen molar-refractivity contribution in [2.24, 2.45) is 0 Å². The van der Waals surface area contributed by atoms with E-state index in [4.69, 9.17) is 4.74 Å². The molecule has 0 atom stereocenters. The highest BCUT2D eigenvalue weighted by Gasteiger charge is 2.20. The lowest BCUT2D eigenvalue weighted by Crippen LogP contribution is -2.33. The van der Waals surface area contributed by atoms with Crippen LogP contribution < -0.4 is 0 Å². The lowest BCUT2D eigenvalue weighted by Gasteiger charge is -2.23. The van der Waals surface area contributed by atoms with Crippen molar-refractivity contribution < 1.29 is 14.3 Å². The molecule has 0 aliphatic rings. The first-order chi connectivity index (χ1) is 12.0. The van der Waals surface area contributed by atoms with E-state index >= 15 is 0 Å². The zero-order chi connectivity index (χ0) is 18.2. The van der Waals surface area contributed by atoms with Gasteiger partial charge in [0.1, 0.15) is 0 Å². The van der Waals surface area contributed by atoms with Gasteiger partial charge < -0.3 is 9.64 Å². The number of ether oxygens (including phenoxy) is 1. The van der Waals surface area contributed by atoms with Crippen LogP contribution >= 0.6 is 22.6 Å². The van der Waals surface area contributed by atoms with Crippen LogP contribution in [-0.2, 0) is 16.1 Å². The minimum Gasteiger partial charge on any atom is -0.466 e. The summed E-state index contributed by atoms with van der Waals surface area (Å²) in [6, 6.07) is 9.41. The molecule has 0 aliphatic heterocycles. The summed E-state index contributed by atoms with van der Waals surface area (Å²) in [5, 5.41) is 0. The van der Waals surface area contributed by atoms with Crippen LogP contribution in [0.15, 0.2) is 42.7 Å². The molecule has 1 heterocycles. The Morgan fingerprint density at radius 1 is 1.24 bits per heavy atom. The third-order valence-electron chi connectivity index (χ3n) is 3.70. The predicted octanol–water partition coefficient (Wildman–Crippen LogP) is 3.59. The van der Waals surface area contributed by atoms with E-state index in [1.54, 1.807) is 24.2 Å². The molecule has 0 unspecified atom stereocenters. The van der Waals surface area contributed by atoms with Gasteiger partial charge in [-0.05, 0) is 59.7 Å². The zero-order valence-electron chi connectivity index (χ0n) is 14.4. The SMILES string of the molecule is CCOC(=O)CCN(Cc1cccnc1)C(=O)c1cccc(C)c1I. The van der Waals surface area contributed by atoms with E-state index in [1.807, 2.05) is 37.3 Å². The summed E-state index contributed by atoms with van der Waals surface area (Å²) < 4.78 is 5.91. The van der Waals surface area contributed by atoms with Gasteiger partial charge in [0.05, 0.1) is 18.6 Å². The number of hydrogen-bond donors (Lipinski definition) is 0. The fraction of sp³-hybridized carbons (Fsp3) is 0.316. The molecule has 0 saturated carbocycles. The summed E-state index contributed by atoms with van der Waals surface area (Å²) in [5.74, 6) is -0.397. The Hall–Kier alpha value is -1.96. The average molecular weight is 452 g/mol. The molecule has 1 amide bonds. The Balaban J connectivity index is 2.21. The first-order valence-electron chi connectivity index (χ1n) is 8.11. The van der Waals surface area contributed by atoms with Crippen molar-refractivity contribution in [3.63, 3.8) is 0 Å². The second-order valence-electron chi connectivity index (χ2n) is 5.58. The maximum absolute atomic E-state index is 13.0. The van der Waals surface area contributed by atoms with Crippen LogP contribution in [0.25, 0.3) is 0 Å². The summed E-state index contributed by atoms with van der Waals surface area (Å²) in [5.41, 5.74) is 2.62. The van der Waals surface area contributed by atoms with Crippen molar-refractivity contribution in [2.75, 3.05) is 13.2 Å². The minimum absolute atomic E-state index is 0.0961. The van der Waals surface area contributed by atoms with Gasteiger partial charge in [-0.25, -0.2) is 0 Å². The van der Waals surface area contributed by atoms with Crippen molar-refractivity contribution in [2.45, 2.75) is 26.8 Å². The van der Waals surface area contributed by atoms with Crippen LogP contribution in [0, 0.1) is 10.5 Å². The molecule has 0 aliphatic carbocycles. The van der Waals surface area contributed by atoms with E-state index in [0.29, 0.717) is 25.3 Å². The van der Waals surface area contributed by atoms with Crippen LogP contribution in [0.3, 0.4) is 0 Å². The molecule has 0 spiro atoms. The third kappa shape index (κ3) is 5.52. The minimum atomic E-state index is -0.301. The molecule has 0 bridgehead atoms. The normalized spacial score (nSPS) is 10.4. The number of benzene rings is 1. The predicted molar refractivity (Wildman–Crippen MR) is 104 cm³/mol. The lowest BCUT2D eigenvalue weighted by atomic mass is 10.1. The average Bonchev–Trinajstić information content (AvgIpc) is 2.61. The van der Waals surface area contributed by atoms with Crippen molar-refractivity contribution >= 4 is 34.5 Å². The van der Waals surface area contributed by atoms with Gasteiger partial charge in [0.15, 0.2) is 0 Å². The molecule has 25 heavy (non-hydrogen) atoms. The molecule has 2 rings (SSSR count). The number of amides is 1. The van der Waals surface area contributed by atoms with Gasteiger partial charge in [-0.15, -0.1) is 0 Å². The second-order valence-corrected chi connectivity index (χ2v) is 6.66. The molecule has 2 aromatic rings. The van der Waals surface area contributed by atoms with E-state index in [0.717, 1.165) is 14.7 Å². The van der Waals surface area contributed by atoms with Gasteiger partial charge in [0.25, 0.3) is 5.91 Å². The number of aryl methyl sites for hydroxylation is 1. The van der Waals surface area contributed by atoms with Gasteiger partial charge in [-0.3, -0.25) is 14.6 Å². The Labute approximate surface area is 161 Å². The molecule has 0 N–H and O–H groups in total. The summed E-state index contributed by atoms with van der Waals surface area (Å²) >= 11 is 2.19. The van der Waals surface area contributed by atoms with E-state index in [1.165, 1.54) is 0 Å². The highest BCUT2D eigenvalue weighted by molar-refractivity contribution is 14.1. The third-order valence-corrected chi connectivity index (χ3v) is 5.13. The number of carbonyl (C=O) groups excluding carboxylic acids is 2. The number of halogens is 1. The Kier molecular flexibility index (Phi) is 7.36. The van der Waals surface area contributed by atoms with Crippen LogP contribution in [0.4, 0.5) is 0 Å². The van der Waals surface area contributed by atoms with Crippen molar-refractivity contribution in [3.8, 4) is 0 Å². The summed E-state index contributed by atoms with van der Waals surface area (Å²) in [4.78, 5) is 30.5. The topological polar surface area (TPSA) is 59.5 Å². The molecule has 0 saturated heterocycles. The Morgan fingerprint density at radius 2 is 2.04 bits per heavy atom. The number of nitrogens with zero attached hydrogens (tertiary/aromatic N) is 2. The maximum atomic E-state index is 13.0.